The van der Waals surface area contributed by atoms with Gasteiger partial charge in [0.1, 0.15) is 18.3 Å². The van der Waals surface area contributed by atoms with Gasteiger partial charge < -0.3 is 23.9 Å². The quantitative estimate of drug-likeness (QED) is 0.173. The highest BCUT2D eigenvalue weighted by Crippen LogP contribution is 2.39. The van der Waals surface area contributed by atoms with Gasteiger partial charge in [0.15, 0.2) is 17.4 Å². The minimum atomic E-state index is -2.87. The Morgan fingerprint density at radius 2 is 1.74 bits per heavy atom. The van der Waals surface area contributed by atoms with Crippen LogP contribution in [0.25, 0.3) is 11.2 Å². The van der Waals surface area contributed by atoms with Gasteiger partial charge in [-0.15, -0.1) is 0 Å². The van der Waals surface area contributed by atoms with Crippen LogP contribution < -0.4 is 15.9 Å². The fourth-order valence-electron chi connectivity index (χ4n) is 5.64. The van der Waals surface area contributed by atoms with Crippen molar-refractivity contribution < 1.29 is 19.0 Å². The number of fused-ring (bicyclic) bond motifs is 1. The van der Waals surface area contributed by atoms with Crippen molar-refractivity contribution in [1.82, 2.24) is 24.4 Å². The summed E-state index contributed by atoms with van der Waals surface area (Å²) in [6, 6.07) is 20.6. The fraction of sp³-hybridized carbons (Fsp3) is 0.400. The Morgan fingerprint density at radius 1 is 1.12 bits per heavy atom. The summed E-state index contributed by atoms with van der Waals surface area (Å²) in [4.78, 5) is 30.1. The lowest BCUT2D eigenvalue weighted by molar-refractivity contribution is -0.0567. The zero-order valence-corrected chi connectivity index (χ0v) is 25.8. The normalized spacial score (nSPS) is 21.4. The van der Waals surface area contributed by atoms with E-state index in [0.29, 0.717) is 0 Å². The molecular formula is C30H38N6O5Si. The van der Waals surface area contributed by atoms with Crippen molar-refractivity contribution in [3.05, 3.63) is 77.3 Å². The summed E-state index contributed by atoms with van der Waals surface area (Å²) >= 11 is 0. The minimum absolute atomic E-state index is 0.127. The lowest BCUT2D eigenvalue weighted by Crippen LogP contribution is -2.67. The molecule has 1 aliphatic rings. The number of ether oxygens (including phenoxy) is 2. The first-order chi connectivity index (χ1) is 20.1. The number of benzene rings is 2. The van der Waals surface area contributed by atoms with Gasteiger partial charge in [0.05, 0.1) is 19.3 Å². The molecule has 5 rings (SSSR count). The second-order valence-electron chi connectivity index (χ2n) is 11.7. The number of hydrogen-bond acceptors (Lipinski definition) is 8. The third kappa shape index (κ3) is 5.43. The Kier molecular flexibility index (Phi) is 8.44. The number of H-pyrrole nitrogens is 1. The van der Waals surface area contributed by atoms with E-state index < -0.39 is 38.4 Å². The number of rotatable bonds is 9. The highest BCUT2D eigenvalue weighted by molar-refractivity contribution is 6.99. The van der Waals surface area contributed by atoms with E-state index in [2.05, 4.69) is 65.0 Å². The summed E-state index contributed by atoms with van der Waals surface area (Å²) in [6.07, 6.45) is -0.276. The molecule has 1 saturated heterocycles. The molecule has 3 heterocycles. The Morgan fingerprint density at radius 3 is 2.29 bits per heavy atom. The standard InChI is InChI=1S/C30H38N6O5Si/c1-30(2,3)42(20-13-9-7-10-14-20,21-15-11-8-12-16-21)40-17-22-24(37)25(39-6)28(41-22)36-19-31-23-26(36)33-29(34-27(23)38)32-18-35(4)5/h7-16,18-19,22,24-25,28,37H,17H2,1-6H3,(H,33,34,38)/b32-18+/t22-,24-,25-,28-/m1/s1. The molecule has 1 aliphatic heterocycles. The van der Waals surface area contributed by atoms with E-state index in [1.165, 1.54) is 19.8 Å². The highest BCUT2D eigenvalue weighted by Gasteiger charge is 2.52. The first-order valence-corrected chi connectivity index (χ1v) is 15.8. The number of methoxy groups -OCH3 is 1. The molecule has 2 N–H and O–H groups in total. The average molecular weight is 591 g/mol. The summed E-state index contributed by atoms with van der Waals surface area (Å²) in [6.45, 7) is 6.72. The van der Waals surface area contributed by atoms with Crippen LogP contribution in [0.15, 0.2) is 76.8 Å². The second-order valence-corrected chi connectivity index (χ2v) is 16.0. The average Bonchev–Trinajstić information content (AvgIpc) is 3.53. The molecule has 4 atom stereocenters. The predicted molar refractivity (Wildman–Crippen MR) is 164 cm³/mol. The second kappa shape index (κ2) is 11.9. The number of aliphatic hydroxyl groups is 1. The molecule has 42 heavy (non-hydrogen) atoms. The maximum Gasteiger partial charge on any atom is 0.280 e. The number of hydrogen-bond donors (Lipinski definition) is 2. The number of aromatic amines is 1. The zero-order chi connectivity index (χ0) is 30.1. The third-order valence-corrected chi connectivity index (χ3v) is 12.6. The van der Waals surface area contributed by atoms with E-state index in [1.807, 2.05) is 50.5 Å². The first kappa shape index (κ1) is 29.8. The van der Waals surface area contributed by atoms with Crippen LogP contribution in [0, 0.1) is 0 Å². The van der Waals surface area contributed by atoms with Gasteiger partial charge in [-0.2, -0.15) is 4.98 Å². The van der Waals surface area contributed by atoms with Crippen LogP contribution in [0.3, 0.4) is 0 Å². The molecule has 222 valence electrons. The van der Waals surface area contributed by atoms with Crippen molar-refractivity contribution in [3.8, 4) is 0 Å². The van der Waals surface area contributed by atoms with Crippen LogP contribution in [0.2, 0.25) is 5.04 Å². The Balaban J connectivity index is 1.50. The number of aromatic nitrogens is 4. The summed E-state index contributed by atoms with van der Waals surface area (Å²) < 4.78 is 20.8. The van der Waals surface area contributed by atoms with Crippen LogP contribution in [0.4, 0.5) is 5.95 Å². The lowest BCUT2D eigenvalue weighted by Gasteiger charge is -2.43. The fourth-order valence-corrected chi connectivity index (χ4v) is 10.2. The lowest BCUT2D eigenvalue weighted by atomic mass is 10.1. The van der Waals surface area contributed by atoms with Crippen LogP contribution in [-0.4, -0.2) is 90.3 Å². The predicted octanol–water partition coefficient (Wildman–Crippen LogP) is 2.19. The largest absolute Gasteiger partial charge is 0.405 e. The van der Waals surface area contributed by atoms with Crippen molar-refractivity contribution in [1.29, 1.82) is 0 Å². The monoisotopic (exact) mass is 590 g/mol. The molecule has 0 amide bonds. The van der Waals surface area contributed by atoms with E-state index in [1.54, 1.807) is 9.47 Å². The smallest absolute Gasteiger partial charge is 0.280 e. The molecular weight excluding hydrogens is 552 g/mol. The summed E-state index contributed by atoms with van der Waals surface area (Å²) in [5.41, 5.74) is -0.0139. The number of nitrogens with one attached hydrogen (secondary N) is 1. The number of nitrogens with zero attached hydrogens (tertiary/aromatic N) is 5. The van der Waals surface area contributed by atoms with Gasteiger partial charge in [-0.05, 0) is 15.4 Å². The van der Waals surface area contributed by atoms with Crippen LogP contribution >= 0.6 is 0 Å². The van der Waals surface area contributed by atoms with Gasteiger partial charge >= 0.3 is 0 Å². The number of aliphatic hydroxyl groups excluding tert-OH is 1. The van der Waals surface area contributed by atoms with E-state index in [4.69, 9.17) is 13.9 Å². The van der Waals surface area contributed by atoms with Crippen molar-refractivity contribution in [2.24, 2.45) is 4.99 Å². The summed E-state index contributed by atoms with van der Waals surface area (Å²) in [7, 11) is 2.27. The number of imidazole rings is 1. The van der Waals surface area contributed by atoms with Gasteiger partial charge in [-0.25, -0.2) is 9.98 Å². The zero-order valence-electron chi connectivity index (χ0n) is 24.8. The van der Waals surface area contributed by atoms with E-state index in [-0.39, 0.29) is 28.8 Å². The molecule has 12 heteroatoms. The third-order valence-electron chi connectivity index (χ3n) is 7.57. The highest BCUT2D eigenvalue weighted by atomic mass is 28.4. The van der Waals surface area contributed by atoms with Crippen LogP contribution in [0.1, 0.15) is 27.0 Å². The van der Waals surface area contributed by atoms with Crippen molar-refractivity contribution in [3.63, 3.8) is 0 Å². The molecule has 4 aromatic rings. The maximum atomic E-state index is 12.7. The maximum absolute atomic E-state index is 12.7. The van der Waals surface area contributed by atoms with Crippen LogP contribution in [-0.2, 0) is 13.9 Å². The van der Waals surface area contributed by atoms with Crippen LogP contribution in [0.5, 0.6) is 0 Å². The molecule has 0 bridgehead atoms. The minimum Gasteiger partial charge on any atom is -0.405 e. The molecule has 0 saturated carbocycles. The number of aliphatic imine (C=N–C) groups is 1. The topological polar surface area (TPSA) is 127 Å². The van der Waals surface area contributed by atoms with Gasteiger partial charge in [0, 0.05) is 21.2 Å². The molecule has 0 radical (unpaired) electrons. The molecule has 0 aliphatic carbocycles. The molecule has 2 aromatic carbocycles. The SMILES string of the molecule is CO[C@@H]1[C@H](O)[C@@H](CO[Si](c2ccccc2)(c2ccccc2)C(C)(C)C)O[C@H]1n1cnc2c(=O)[nH]c(/N=C/N(C)C)nc21. The summed E-state index contributed by atoms with van der Waals surface area (Å²) in [5.74, 6) is 0.127. The van der Waals surface area contributed by atoms with Crippen molar-refractivity contribution in [2.45, 2.75) is 50.3 Å². The van der Waals surface area contributed by atoms with Crippen molar-refractivity contribution in [2.75, 3.05) is 27.8 Å². The van der Waals surface area contributed by atoms with Gasteiger partial charge in [-0.1, -0.05) is 81.4 Å². The van der Waals surface area contributed by atoms with Gasteiger partial charge in [0.2, 0.25) is 5.95 Å². The van der Waals surface area contributed by atoms with E-state index in [9.17, 15) is 9.90 Å². The molecule has 0 spiro atoms. The molecule has 1 fully saturated rings. The van der Waals surface area contributed by atoms with Crippen molar-refractivity contribution >= 4 is 42.1 Å². The Labute approximate surface area is 245 Å². The van der Waals surface area contributed by atoms with Gasteiger partial charge in [-0.3, -0.25) is 14.3 Å². The molecule has 0 unspecified atom stereocenters. The Bertz CT molecular complexity index is 1550. The van der Waals surface area contributed by atoms with E-state index in [0.717, 1.165) is 10.4 Å². The first-order valence-electron chi connectivity index (χ1n) is 13.9. The molecule has 2 aromatic heterocycles. The van der Waals surface area contributed by atoms with E-state index >= 15 is 0 Å². The van der Waals surface area contributed by atoms with Gasteiger partial charge in [0.25, 0.3) is 13.9 Å². The summed E-state index contributed by atoms with van der Waals surface area (Å²) in [5, 5.41) is 13.4. The molecule has 11 nitrogen and oxygen atoms in total. The Hall–Kier alpha value is -3.68.